The molecule has 3 rings (SSSR count). The molecule has 26 heavy (non-hydrogen) atoms. The number of amides is 2. The third kappa shape index (κ3) is 4.04. The Kier molecular flexibility index (Phi) is 5.55. The molecule has 0 saturated heterocycles. The standard InChI is InChI=1S/C19H15ClN2O3S/c20-14-8-4-5-9-15(14)25-10-16(23)22-19-17(18(21)24)13(11-26-19)12-6-2-1-3-7-12/h1-9,11H,10H2,(H2,21,24)(H,22,23). The van der Waals surface area contributed by atoms with Crippen molar-refractivity contribution in [3.8, 4) is 16.9 Å². The van der Waals surface area contributed by atoms with Crippen LogP contribution in [-0.4, -0.2) is 18.4 Å². The van der Waals surface area contributed by atoms with E-state index in [1.807, 2.05) is 30.3 Å². The maximum absolute atomic E-state index is 12.2. The molecule has 5 nitrogen and oxygen atoms in total. The van der Waals surface area contributed by atoms with Gasteiger partial charge in [-0.1, -0.05) is 54.1 Å². The molecule has 0 aliphatic carbocycles. The number of hydrogen-bond acceptors (Lipinski definition) is 4. The molecule has 3 N–H and O–H groups in total. The lowest BCUT2D eigenvalue weighted by atomic mass is 10.0. The van der Waals surface area contributed by atoms with E-state index in [1.54, 1.807) is 29.6 Å². The molecular weight excluding hydrogens is 372 g/mol. The van der Waals surface area contributed by atoms with E-state index >= 15 is 0 Å². The van der Waals surface area contributed by atoms with Crippen LogP contribution in [-0.2, 0) is 4.79 Å². The van der Waals surface area contributed by atoms with Crippen LogP contribution in [0.4, 0.5) is 5.00 Å². The van der Waals surface area contributed by atoms with Gasteiger partial charge >= 0.3 is 0 Å². The van der Waals surface area contributed by atoms with E-state index in [1.165, 1.54) is 11.3 Å². The fourth-order valence-electron chi connectivity index (χ4n) is 2.39. The van der Waals surface area contributed by atoms with Gasteiger partial charge in [0.05, 0.1) is 10.6 Å². The number of ether oxygens (including phenoxy) is 1. The van der Waals surface area contributed by atoms with E-state index in [0.29, 0.717) is 21.3 Å². The topological polar surface area (TPSA) is 81.4 Å². The van der Waals surface area contributed by atoms with Gasteiger partial charge in [0, 0.05) is 10.9 Å². The van der Waals surface area contributed by atoms with Crippen LogP contribution in [0.2, 0.25) is 5.02 Å². The third-order valence-electron chi connectivity index (χ3n) is 3.57. The van der Waals surface area contributed by atoms with Crippen LogP contribution in [0.3, 0.4) is 0 Å². The monoisotopic (exact) mass is 386 g/mol. The molecule has 0 aliphatic heterocycles. The second kappa shape index (κ2) is 8.03. The summed E-state index contributed by atoms with van der Waals surface area (Å²) in [5, 5.41) is 5.28. The Morgan fingerprint density at radius 1 is 1.08 bits per heavy atom. The number of carbonyl (C=O) groups excluding carboxylic acids is 2. The number of thiophene rings is 1. The summed E-state index contributed by atoms with van der Waals surface area (Å²) in [5.41, 5.74) is 7.35. The fraction of sp³-hybridized carbons (Fsp3) is 0.0526. The van der Waals surface area contributed by atoms with Gasteiger partial charge in [-0.15, -0.1) is 11.3 Å². The summed E-state index contributed by atoms with van der Waals surface area (Å²) < 4.78 is 5.41. The second-order valence-electron chi connectivity index (χ2n) is 5.35. The highest BCUT2D eigenvalue weighted by Gasteiger charge is 2.19. The number of primary amides is 1. The molecule has 0 bridgehead atoms. The highest BCUT2D eigenvalue weighted by Crippen LogP contribution is 2.35. The molecule has 0 aliphatic rings. The molecule has 0 fully saturated rings. The zero-order valence-electron chi connectivity index (χ0n) is 13.6. The minimum Gasteiger partial charge on any atom is -0.482 e. The minimum atomic E-state index is -0.604. The number of halogens is 1. The number of benzene rings is 2. The smallest absolute Gasteiger partial charge is 0.262 e. The Balaban J connectivity index is 1.75. The van der Waals surface area contributed by atoms with Crippen LogP contribution in [0.15, 0.2) is 60.0 Å². The number of nitrogens with two attached hydrogens (primary N) is 1. The van der Waals surface area contributed by atoms with Crippen molar-refractivity contribution in [3.05, 3.63) is 70.6 Å². The largest absolute Gasteiger partial charge is 0.482 e. The van der Waals surface area contributed by atoms with Gasteiger partial charge in [-0.2, -0.15) is 0 Å². The SMILES string of the molecule is NC(=O)c1c(-c2ccccc2)csc1NC(=O)COc1ccccc1Cl. The highest BCUT2D eigenvalue weighted by molar-refractivity contribution is 7.15. The van der Waals surface area contributed by atoms with Crippen molar-refractivity contribution in [3.63, 3.8) is 0 Å². The van der Waals surface area contributed by atoms with E-state index in [9.17, 15) is 9.59 Å². The molecule has 0 unspecified atom stereocenters. The van der Waals surface area contributed by atoms with Crippen LogP contribution < -0.4 is 15.8 Å². The van der Waals surface area contributed by atoms with Gasteiger partial charge in [0.25, 0.3) is 11.8 Å². The predicted octanol–water partition coefficient (Wildman–Crippen LogP) is 4.18. The highest BCUT2D eigenvalue weighted by atomic mass is 35.5. The van der Waals surface area contributed by atoms with Gasteiger partial charge in [0.2, 0.25) is 0 Å². The van der Waals surface area contributed by atoms with Gasteiger partial charge in [-0.25, -0.2) is 0 Å². The van der Waals surface area contributed by atoms with Crippen LogP contribution in [0, 0.1) is 0 Å². The van der Waals surface area contributed by atoms with Crippen molar-refractivity contribution in [1.29, 1.82) is 0 Å². The summed E-state index contributed by atoms with van der Waals surface area (Å²) in [5.74, 6) is -0.600. The summed E-state index contributed by atoms with van der Waals surface area (Å²) in [7, 11) is 0. The Bertz CT molecular complexity index is 941. The summed E-state index contributed by atoms with van der Waals surface area (Å²) in [6.07, 6.45) is 0. The summed E-state index contributed by atoms with van der Waals surface area (Å²) >= 11 is 7.23. The van der Waals surface area contributed by atoms with E-state index in [-0.39, 0.29) is 12.2 Å². The van der Waals surface area contributed by atoms with Crippen molar-refractivity contribution < 1.29 is 14.3 Å². The van der Waals surface area contributed by atoms with Gasteiger partial charge < -0.3 is 15.8 Å². The fourth-order valence-corrected chi connectivity index (χ4v) is 3.57. The first kappa shape index (κ1) is 18.0. The molecule has 0 atom stereocenters. The predicted molar refractivity (Wildman–Crippen MR) is 104 cm³/mol. The first-order valence-corrected chi connectivity index (χ1v) is 8.96. The summed E-state index contributed by atoms with van der Waals surface area (Å²) in [4.78, 5) is 24.1. The zero-order valence-corrected chi connectivity index (χ0v) is 15.1. The molecular formula is C19H15ClN2O3S. The molecule has 1 aromatic heterocycles. The number of nitrogens with one attached hydrogen (secondary N) is 1. The Hall–Kier alpha value is -2.83. The maximum atomic E-state index is 12.2. The second-order valence-corrected chi connectivity index (χ2v) is 6.64. The quantitative estimate of drug-likeness (QED) is 0.666. The molecule has 132 valence electrons. The molecule has 2 aromatic carbocycles. The molecule has 3 aromatic rings. The summed E-state index contributed by atoms with van der Waals surface area (Å²) in [6.45, 7) is -0.236. The van der Waals surface area contributed by atoms with Crippen LogP contribution in [0.25, 0.3) is 11.1 Å². The van der Waals surface area contributed by atoms with Crippen molar-refractivity contribution in [1.82, 2.24) is 0 Å². The first-order chi connectivity index (χ1) is 12.6. The number of carbonyl (C=O) groups is 2. The minimum absolute atomic E-state index is 0.236. The lowest BCUT2D eigenvalue weighted by Gasteiger charge is -2.09. The first-order valence-electron chi connectivity index (χ1n) is 7.70. The number of anilines is 1. The van der Waals surface area contributed by atoms with Crippen molar-refractivity contribution in [2.75, 3.05) is 11.9 Å². The molecule has 7 heteroatoms. The van der Waals surface area contributed by atoms with Crippen molar-refractivity contribution in [2.24, 2.45) is 5.73 Å². The maximum Gasteiger partial charge on any atom is 0.262 e. The number of hydrogen-bond donors (Lipinski definition) is 2. The normalized spacial score (nSPS) is 10.3. The number of rotatable bonds is 6. The van der Waals surface area contributed by atoms with E-state index < -0.39 is 11.8 Å². The molecule has 0 saturated carbocycles. The van der Waals surface area contributed by atoms with E-state index in [2.05, 4.69) is 5.32 Å². The average molecular weight is 387 g/mol. The van der Waals surface area contributed by atoms with Crippen molar-refractivity contribution in [2.45, 2.75) is 0 Å². The van der Waals surface area contributed by atoms with E-state index in [0.717, 1.165) is 5.56 Å². The number of para-hydroxylation sites is 1. The van der Waals surface area contributed by atoms with Crippen LogP contribution >= 0.6 is 22.9 Å². The lowest BCUT2D eigenvalue weighted by molar-refractivity contribution is -0.118. The summed E-state index contributed by atoms with van der Waals surface area (Å²) in [6, 6.07) is 16.2. The van der Waals surface area contributed by atoms with Gasteiger partial charge in [0.15, 0.2) is 6.61 Å². The van der Waals surface area contributed by atoms with Crippen LogP contribution in [0.1, 0.15) is 10.4 Å². The van der Waals surface area contributed by atoms with Crippen LogP contribution in [0.5, 0.6) is 5.75 Å². The van der Waals surface area contributed by atoms with Gasteiger partial charge in [-0.05, 0) is 17.7 Å². The molecule has 2 amide bonds. The lowest BCUT2D eigenvalue weighted by Crippen LogP contribution is -2.22. The third-order valence-corrected chi connectivity index (χ3v) is 4.78. The van der Waals surface area contributed by atoms with Gasteiger partial charge in [-0.3, -0.25) is 9.59 Å². The van der Waals surface area contributed by atoms with Crippen molar-refractivity contribution >= 4 is 39.8 Å². The molecule has 0 radical (unpaired) electrons. The molecule has 0 spiro atoms. The van der Waals surface area contributed by atoms with Gasteiger partial charge in [0.1, 0.15) is 10.8 Å². The molecule has 1 heterocycles. The van der Waals surface area contributed by atoms with E-state index in [4.69, 9.17) is 22.1 Å². The Morgan fingerprint density at radius 2 is 1.77 bits per heavy atom. The Labute approximate surface area is 159 Å². The Morgan fingerprint density at radius 3 is 2.46 bits per heavy atom. The zero-order chi connectivity index (χ0) is 18.5. The average Bonchev–Trinajstić information content (AvgIpc) is 3.05.